The Balaban J connectivity index is 1.68. The lowest BCUT2D eigenvalue weighted by Gasteiger charge is -2.36. The Labute approximate surface area is 166 Å². The number of carboxylic acids is 1. The molecule has 0 aromatic heterocycles. The Morgan fingerprint density at radius 2 is 1.78 bits per heavy atom. The Morgan fingerprint density at radius 3 is 2.33 bits per heavy atom. The van der Waals surface area contributed by atoms with E-state index in [0.717, 1.165) is 4.90 Å². The van der Waals surface area contributed by atoms with Gasteiger partial charge < -0.3 is 14.7 Å². The first kappa shape index (κ1) is 19.8. The fourth-order valence-electron chi connectivity index (χ4n) is 3.24. The second kappa shape index (κ2) is 7.95. The third-order valence-electron chi connectivity index (χ3n) is 4.40. The van der Waals surface area contributed by atoms with E-state index >= 15 is 0 Å². The Morgan fingerprint density at radius 1 is 1.19 bits per heavy atom. The van der Waals surface area contributed by atoms with Gasteiger partial charge in [0.25, 0.3) is 0 Å². The summed E-state index contributed by atoms with van der Waals surface area (Å²) in [6.45, 7) is 5.27. The number of nitrogens with zero attached hydrogens (tertiary/aromatic N) is 2. The molecule has 2 aliphatic rings. The first-order chi connectivity index (χ1) is 12.8. The minimum absolute atomic E-state index is 0.0532. The van der Waals surface area contributed by atoms with Crippen LogP contribution in [0.5, 0.6) is 0 Å². The summed E-state index contributed by atoms with van der Waals surface area (Å²) < 4.78 is 6.28. The number of ether oxygens (including phenoxy) is 1. The van der Waals surface area contributed by atoms with Crippen molar-refractivity contribution in [1.29, 1.82) is 0 Å². The summed E-state index contributed by atoms with van der Waals surface area (Å²) in [5.41, 5.74) is 0.471. The van der Waals surface area contributed by atoms with Gasteiger partial charge in [0.1, 0.15) is 9.57 Å². The molecule has 27 heavy (non-hydrogen) atoms. The highest BCUT2D eigenvalue weighted by Crippen LogP contribution is 2.32. The average molecular weight is 409 g/mol. The van der Waals surface area contributed by atoms with Crippen LogP contribution in [0.15, 0.2) is 24.3 Å². The number of imide groups is 1. The molecular formula is C18H20N2O5S2. The number of aromatic carboxylic acids is 1. The number of carbonyl (C=O) groups is 3. The van der Waals surface area contributed by atoms with Crippen molar-refractivity contribution in [2.24, 2.45) is 0 Å². The van der Waals surface area contributed by atoms with Gasteiger partial charge in [-0.1, -0.05) is 24.0 Å². The highest BCUT2D eigenvalue weighted by atomic mass is 32.2. The minimum Gasteiger partial charge on any atom is -0.478 e. The largest absolute Gasteiger partial charge is 0.478 e. The van der Waals surface area contributed by atoms with Gasteiger partial charge in [-0.05, 0) is 38.1 Å². The van der Waals surface area contributed by atoms with E-state index in [9.17, 15) is 14.4 Å². The number of rotatable bonds is 3. The highest BCUT2D eigenvalue weighted by Gasteiger charge is 2.41. The fraction of sp³-hybridized carbons (Fsp3) is 0.444. The number of carbonyl (C=O) groups excluding carboxylic acids is 2. The molecule has 3 atom stereocenters. The summed E-state index contributed by atoms with van der Waals surface area (Å²) in [5.74, 6) is -1.70. The number of anilines is 1. The normalized spacial score (nSPS) is 25.8. The molecule has 7 nitrogen and oxygen atoms in total. The van der Waals surface area contributed by atoms with Crippen LogP contribution in [0.4, 0.5) is 5.69 Å². The third-order valence-corrected chi connectivity index (χ3v) is 6.06. The lowest BCUT2D eigenvalue weighted by molar-refractivity contribution is -0.121. The quantitative estimate of drug-likeness (QED) is 0.601. The molecule has 0 radical (unpaired) electrons. The predicted molar refractivity (Wildman–Crippen MR) is 106 cm³/mol. The predicted octanol–water partition coefficient (Wildman–Crippen LogP) is 2.14. The van der Waals surface area contributed by atoms with Gasteiger partial charge in [-0.3, -0.25) is 9.59 Å². The van der Waals surface area contributed by atoms with Gasteiger partial charge in [-0.15, -0.1) is 0 Å². The molecule has 3 rings (SSSR count). The van der Waals surface area contributed by atoms with Crippen molar-refractivity contribution in [3.05, 3.63) is 29.8 Å². The highest BCUT2D eigenvalue weighted by molar-refractivity contribution is 8.23. The van der Waals surface area contributed by atoms with Crippen LogP contribution in [-0.4, -0.2) is 62.7 Å². The van der Waals surface area contributed by atoms with E-state index in [1.165, 1.54) is 36.0 Å². The van der Waals surface area contributed by atoms with E-state index in [1.807, 2.05) is 18.7 Å². The van der Waals surface area contributed by atoms with Crippen LogP contribution in [0.25, 0.3) is 0 Å². The van der Waals surface area contributed by atoms with Crippen LogP contribution in [-0.2, 0) is 14.3 Å². The SMILES string of the molecule is C[C@@H]1CN(C(=S)S[C@@H]2CC(=O)N(c3ccc(C(=O)O)cc3)C2=O)C[C@H](C)O1. The second-order valence-electron chi connectivity index (χ2n) is 6.66. The number of thiocarbonyl (C=S) groups is 1. The topological polar surface area (TPSA) is 87.2 Å². The van der Waals surface area contributed by atoms with E-state index in [1.54, 1.807) is 0 Å². The number of thioether (sulfide) groups is 1. The van der Waals surface area contributed by atoms with Gasteiger partial charge in [0.05, 0.1) is 23.5 Å². The lowest BCUT2D eigenvalue weighted by atomic mass is 10.2. The van der Waals surface area contributed by atoms with Gasteiger partial charge in [0, 0.05) is 19.5 Å². The van der Waals surface area contributed by atoms with Crippen molar-refractivity contribution >= 4 is 51.8 Å². The van der Waals surface area contributed by atoms with Crippen molar-refractivity contribution in [1.82, 2.24) is 4.90 Å². The molecule has 1 aromatic carbocycles. The second-order valence-corrected chi connectivity index (χ2v) is 8.49. The Bertz CT molecular complexity index is 772. The number of amides is 2. The number of hydrogen-bond donors (Lipinski definition) is 1. The van der Waals surface area contributed by atoms with Crippen molar-refractivity contribution in [3.8, 4) is 0 Å². The number of hydrogen-bond acceptors (Lipinski definition) is 6. The van der Waals surface area contributed by atoms with Crippen LogP contribution in [0, 0.1) is 0 Å². The van der Waals surface area contributed by atoms with Gasteiger partial charge in [-0.25, -0.2) is 9.69 Å². The summed E-state index contributed by atoms with van der Waals surface area (Å²) in [7, 11) is 0. The maximum atomic E-state index is 12.7. The van der Waals surface area contributed by atoms with E-state index < -0.39 is 11.2 Å². The molecule has 144 valence electrons. The number of carboxylic acid groups (broad SMARTS) is 1. The van der Waals surface area contributed by atoms with Crippen LogP contribution in [0.3, 0.4) is 0 Å². The van der Waals surface area contributed by atoms with E-state index in [-0.39, 0.29) is 36.0 Å². The van der Waals surface area contributed by atoms with Crippen LogP contribution in [0.2, 0.25) is 0 Å². The van der Waals surface area contributed by atoms with Gasteiger partial charge in [0.2, 0.25) is 11.8 Å². The molecule has 1 N–H and O–H groups in total. The molecule has 0 unspecified atom stereocenters. The summed E-state index contributed by atoms with van der Waals surface area (Å²) in [6.07, 6.45) is 0.176. The van der Waals surface area contributed by atoms with E-state index in [0.29, 0.717) is 23.1 Å². The summed E-state index contributed by atoms with van der Waals surface area (Å²) in [5, 5.41) is 8.40. The van der Waals surface area contributed by atoms with Crippen molar-refractivity contribution in [2.45, 2.75) is 37.7 Å². The third kappa shape index (κ3) is 4.31. The molecule has 1 aromatic rings. The summed E-state index contributed by atoms with van der Waals surface area (Å²) >= 11 is 6.73. The maximum Gasteiger partial charge on any atom is 0.335 e. The Hall–Kier alpha value is -1.97. The van der Waals surface area contributed by atoms with Crippen molar-refractivity contribution in [2.75, 3.05) is 18.0 Å². The molecule has 2 amide bonds. The molecule has 2 aliphatic heterocycles. The molecule has 0 aliphatic carbocycles. The molecule has 0 bridgehead atoms. The average Bonchev–Trinajstić information content (AvgIpc) is 2.87. The van der Waals surface area contributed by atoms with Gasteiger partial charge in [-0.2, -0.15) is 0 Å². The molecule has 0 spiro atoms. The minimum atomic E-state index is -1.06. The smallest absolute Gasteiger partial charge is 0.335 e. The molecule has 2 saturated heterocycles. The van der Waals surface area contributed by atoms with Crippen LogP contribution in [0.1, 0.15) is 30.6 Å². The van der Waals surface area contributed by atoms with Crippen molar-refractivity contribution in [3.63, 3.8) is 0 Å². The molecular weight excluding hydrogens is 388 g/mol. The summed E-state index contributed by atoms with van der Waals surface area (Å²) in [4.78, 5) is 39.2. The standard InChI is InChI=1S/C18H20N2O5S2/c1-10-8-19(9-11(2)25-10)18(26)27-14-7-15(21)20(16(14)22)13-5-3-12(4-6-13)17(23)24/h3-6,10-11,14H,7-9H2,1-2H3,(H,23,24)/t10-,11+,14-/m1/s1. The van der Waals surface area contributed by atoms with E-state index in [4.69, 9.17) is 22.1 Å². The monoisotopic (exact) mass is 408 g/mol. The summed E-state index contributed by atoms with van der Waals surface area (Å²) in [6, 6.07) is 5.69. The zero-order chi connectivity index (χ0) is 19.7. The first-order valence-electron chi connectivity index (χ1n) is 8.57. The van der Waals surface area contributed by atoms with Crippen LogP contribution >= 0.6 is 24.0 Å². The molecule has 9 heteroatoms. The Kier molecular flexibility index (Phi) is 5.83. The number of benzene rings is 1. The molecule has 2 heterocycles. The van der Waals surface area contributed by atoms with Gasteiger partial charge in [0.15, 0.2) is 0 Å². The molecule has 2 fully saturated rings. The maximum absolute atomic E-state index is 12.7. The molecule has 0 saturated carbocycles. The first-order valence-corrected chi connectivity index (χ1v) is 9.86. The fourth-order valence-corrected chi connectivity index (χ4v) is 4.71. The lowest BCUT2D eigenvalue weighted by Crippen LogP contribution is -2.47. The van der Waals surface area contributed by atoms with Crippen molar-refractivity contribution < 1.29 is 24.2 Å². The van der Waals surface area contributed by atoms with Gasteiger partial charge >= 0.3 is 5.97 Å². The zero-order valence-electron chi connectivity index (χ0n) is 15.0. The van der Waals surface area contributed by atoms with E-state index in [2.05, 4.69) is 0 Å². The number of morpholine rings is 1. The zero-order valence-corrected chi connectivity index (χ0v) is 16.6. The van der Waals surface area contributed by atoms with Crippen LogP contribution < -0.4 is 4.90 Å².